The largest absolute Gasteiger partial charge is 0.304 e. The number of fused-ring (bicyclic) bond motifs is 1. The van der Waals surface area contributed by atoms with Crippen molar-refractivity contribution in [3.8, 4) is 33.0 Å². The molecule has 0 atom stereocenters. The number of halogens is 1. The maximum Gasteiger partial charge on any atom is 0.304 e. The topological polar surface area (TPSA) is 109 Å². The molecule has 10 heteroatoms. The maximum absolute atomic E-state index is 13.3. The first-order valence-corrected chi connectivity index (χ1v) is 11.3. The van der Waals surface area contributed by atoms with Gasteiger partial charge < -0.3 is 0 Å². The number of hydrogen-bond acceptors (Lipinski definition) is 6. The van der Waals surface area contributed by atoms with E-state index in [1.165, 1.54) is 24.5 Å². The summed E-state index contributed by atoms with van der Waals surface area (Å²) in [6.07, 6.45) is 3.09. The Labute approximate surface area is 180 Å². The highest BCUT2D eigenvalue weighted by atomic mass is 32.3. The second-order valence-corrected chi connectivity index (χ2v) is 9.45. The molecule has 0 aliphatic heterocycles. The average molecular weight is 452 g/mol. The van der Waals surface area contributed by atoms with E-state index in [2.05, 4.69) is 20.2 Å². The third-order valence-corrected chi connectivity index (χ3v) is 7.20. The van der Waals surface area contributed by atoms with Crippen molar-refractivity contribution in [3.63, 3.8) is 0 Å². The van der Waals surface area contributed by atoms with Crippen LogP contribution in [0.15, 0.2) is 71.3 Å². The van der Waals surface area contributed by atoms with E-state index in [0.717, 1.165) is 39.1 Å². The van der Waals surface area contributed by atoms with Gasteiger partial charge in [0.05, 0.1) is 28.0 Å². The van der Waals surface area contributed by atoms with E-state index in [4.69, 9.17) is 0 Å². The van der Waals surface area contributed by atoms with E-state index in [9.17, 15) is 17.4 Å². The van der Waals surface area contributed by atoms with Gasteiger partial charge in [-0.25, -0.2) is 14.4 Å². The summed E-state index contributed by atoms with van der Waals surface area (Å²) in [7, 11) is -4.29. The fraction of sp³-hybridized carbons (Fsp3) is 0. The van der Waals surface area contributed by atoms with Crippen LogP contribution in [0.2, 0.25) is 0 Å². The predicted octanol–water partition coefficient (Wildman–Crippen LogP) is 4.80. The summed E-state index contributed by atoms with van der Waals surface area (Å²) < 4.78 is 45.4. The lowest BCUT2D eigenvalue weighted by Crippen LogP contribution is -1.93. The van der Waals surface area contributed by atoms with Crippen molar-refractivity contribution in [3.05, 3.63) is 72.9 Å². The monoisotopic (exact) mass is 452 g/mol. The van der Waals surface area contributed by atoms with Gasteiger partial charge >= 0.3 is 10.1 Å². The molecule has 0 saturated carbocycles. The number of H-pyrrole nitrogens is 1. The second kappa shape index (κ2) is 7.34. The molecule has 7 nitrogen and oxygen atoms in total. The van der Waals surface area contributed by atoms with Gasteiger partial charge in [0.25, 0.3) is 0 Å². The van der Waals surface area contributed by atoms with Crippen LogP contribution in [0.3, 0.4) is 0 Å². The van der Waals surface area contributed by atoms with Gasteiger partial charge in [-0.2, -0.15) is 13.5 Å². The summed E-state index contributed by atoms with van der Waals surface area (Å²) >= 11 is 0.930. The highest BCUT2D eigenvalue weighted by Crippen LogP contribution is 2.36. The Morgan fingerprint density at radius 3 is 2.48 bits per heavy atom. The quantitative estimate of drug-likeness (QED) is 0.379. The zero-order valence-corrected chi connectivity index (χ0v) is 17.3. The van der Waals surface area contributed by atoms with Crippen molar-refractivity contribution in [2.75, 3.05) is 0 Å². The number of hydrogen-bond donors (Lipinski definition) is 2. The molecule has 0 bridgehead atoms. The van der Waals surface area contributed by atoms with Gasteiger partial charge in [-0.1, -0.05) is 6.07 Å². The van der Waals surface area contributed by atoms with Gasteiger partial charge in [0, 0.05) is 16.5 Å². The molecule has 0 saturated heterocycles. The predicted molar refractivity (Wildman–Crippen MR) is 116 cm³/mol. The van der Waals surface area contributed by atoms with Gasteiger partial charge in [0.15, 0.2) is 0 Å². The summed E-state index contributed by atoms with van der Waals surface area (Å²) in [5.74, 6) is -0.322. The summed E-state index contributed by atoms with van der Waals surface area (Å²) in [4.78, 5) is 9.23. The Morgan fingerprint density at radius 1 is 0.968 bits per heavy atom. The first-order chi connectivity index (χ1) is 14.9. The van der Waals surface area contributed by atoms with Crippen molar-refractivity contribution in [2.24, 2.45) is 0 Å². The van der Waals surface area contributed by atoms with E-state index < -0.39 is 10.1 Å². The van der Waals surface area contributed by atoms with Crippen LogP contribution in [0.25, 0.3) is 43.9 Å². The van der Waals surface area contributed by atoms with Crippen molar-refractivity contribution < 1.29 is 17.4 Å². The Morgan fingerprint density at radius 2 is 1.74 bits per heavy atom. The smallest absolute Gasteiger partial charge is 0.281 e. The van der Waals surface area contributed by atoms with Crippen molar-refractivity contribution >= 4 is 32.4 Å². The lowest BCUT2D eigenvalue weighted by molar-refractivity contribution is 0.485. The minimum Gasteiger partial charge on any atom is -0.281 e. The van der Waals surface area contributed by atoms with Gasteiger partial charge in [-0.05, 0) is 54.1 Å². The summed E-state index contributed by atoms with van der Waals surface area (Å²) in [6.45, 7) is 0. The van der Waals surface area contributed by atoms with E-state index in [0.29, 0.717) is 16.1 Å². The Bertz CT molecular complexity index is 1530. The Balaban J connectivity index is 1.65. The van der Waals surface area contributed by atoms with Crippen LogP contribution in [0.4, 0.5) is 4.39 Å². The van der Waals surface area contributed by atoms with Crippen LogP contribution in [-0.2, 0) is 10.1 Å². The van der Waals surface area contributed by atoms with Gasteiger partial charge in [-0.15, -0.1) is 11.3 Å². The number of thiophene rings is 1. The molecule has 0 amide bonds. The third kappa shape index (κ3) is 3.61. The lowest BCUT2D eigenvalue weighted by atomic mass is 9.99. The molecule has 5 aromatic rings. The minimum atomic E-state index is -4.29. The fourth-order valence-electron chi connectivity index (χ4n) is 3.35. The highest BCUT2D eigenvalue weighted by molar-refractivity contribution is 7.88. The van der Waals surface area contributed by atoms with Crippen LogP contribution in [0, 0.1) is 5.82 Å². The zero-order chi connectivity index (χ0) is 21.6. The van der Waals surface area contributed by atoms with E-state index in [1.807, 2.05) is 18.2 Å². The number of nitrogens with one attached hydrogen (secondary N) is 1. The Kier molecular flexibility index (Phi) is 4.62. The average Bonchev–Trinajstić information content (AvgIpc) is 3.43. The fourth-order valence-corrected chi connectivity index (χ4v) is 5.03. The van der Waals surface area contributed by atoms with Crippen molar-refractivity contribution in [2.45, 2.75) is 4.21 Å². The molecule has 0 spiro atoms. The lowest BCUT2D eigenvalue weighted by Gasteiger charge is -2.07. The first kappa shape index (κ1) is 19.5. The molecule has 0 fully saturated rings. The standard InChI is InChI=1S/C21H13FN4O3S2/c22-14-4-1-12(2-5-14)20-16(10-25-26-20)13-3-6-17-15(9-13)21(24-11-23-17)18-7-8-19(30-18)31(27,28)29/h1-11H,(H,25,26)(H,27,28,29). The number of benzene rings is 2. The molecule has 3 heterocycles. The number of nitrogens with zero attached hydrogens (tertiary/aromatic N) is 3. The molecule has 0 radical (unpaired) electrons. The van der Waals surface area contributed by atoms with E-state index in [1.54, 1.807) is 24.4 Å². The number of aromatic nitrogens is 4. The van der Waals surface area contributed by atoms with Crippen molar-refractivity contribution in [1.29, 1.82) is 0 Å². The molecule has 2 aromatic carbocycles. The second-order valence-electron chi connectivity index (χ2n) is 6.71. The highest BCUT2D eigenvalue weighted by Gasteiger charge is 2.17. The summed E-state index contributed by atoms with van der Waals surface area (Å²) in [6, 6.07) is 14.7. The zero-order valence-electron chi connectivity index (χ0n) is 15.7. The number of aromatic amines is 1. The van der Waals surface area contributed by atoms with Crippen LogP contribution in [0.1, 0.15) is 0 Å². The normalized spacial score (nSPS) is 11.8. The summed E-state index contributed by atoms with van der Waals surface area (Å²) in [5.41, 5.74) is 4.41. The van der Waals surface area contributed by atoms with Gasteiger partial charge in [0.2, 0.25) is 0 Å². The first-order valence-electron chi connectivity index (χ1n) is 9.02. The molecule has 154 valence electrons. The molecule has 0 aliphatic rings. The van der Waals surface area contributed by atoms with E-state index >= 15 is 0 Å². The summed E-state index contributed by atoms with van der Waals surface area (Å²) in [5, 5.41) is 7.82. The molecule has 2 N–H and O–H groups in total. The molecular weight excluding hydrogens is 439 g/mol. The van der Waals surface area contributed by atoms with Crippen LogP contribution >= 0.6 is 11.3 Å². The van der Waals surface area contributed by atoms with Gasteiger partial charge in [0.1, 0.15) is 16.4 Å². The molecule has 0 unspecified atom stereocenters. The molecule has 31 heavy (non-hydrogen) atoms. The van der Waals surface area contributed by atoms with Crippen LogP contribution in [0.5, 0.6) is 0 Å². The molecule has 5 rings (SSSR count). The van der Waals surface area contributed by atoms with Crippen molar-refractivity contribution in [1.82, 2.24) is 20.2 Å². The molecular formula is C21H13FN4O3S2. The minimum absolute atomic E-state index is 0.154. The maximum atomic E-state index is 13.3. The van der Waals surface area contributed by atoms with E-state index in [-0.39, 0.29) is 10.0 Å². The number of rotatable bonds is 4. The molecule has 3 aromatic heterocycles. The molecule has 0 aliphatic carbocycles. The SMILES string of the molecule is O=S(=O)(O)c1ccc(-c2ncnc3ccc(-c4cn[nH]c4-c4ccc(F)cc4)cc23)s1. The van der Waals surface area contributed by atoms with Crippen LogP contribution in [-0.4, -0.2) is 33.1 Å². The Hall–Kier alpha value is -3.47. The van der Waals surface area contributed by atoms with Crippen LogP contribution < -0.4 is 0 Å². The van der Waals surface area contributed by atoms with Gasteiger partial charge in [-0.3, -0.25) is 9.65 Å². The third-order valence-electron chi connectivity index (χ3n) is 4.79.